The van der Waals surface area contributed by atoms with E-state index < -0.39 is 11.5 Å². The summed E-state index contributed by atoms with van der Waals surface area (Å²) in [6, 6.07) is 6.83. The highest BCUT2D eigenvalue weighted by Gasteiger charge is 2.15. The highest BCUT2D eigenvalue weighted by atomic mass is 35.5. The molecule has 106 valence electrons. The maximum Gasteiger partial charge on any atom is 0.271 e. The largest absolute Gasteiger partial charge is 0.320 e. The van der Waals surface area contributed by atoms with Crippen LogP contribution in [0.4, 0.5) is 5.69 Å². The number of carbonyl (C=O) groups excluding carboxylic acids is 1. The van der Waals surface area contributed by atoms with E-state index in [1.54, 1.807) is 30.5 Å². The number of anilines is 1. The summed E-state index contributed by atoms with van der Waals surface area (Å²) in [6.45, 7) is 1.88. The number of aryl methyl sites for hydroxylation is 1. The van der Waals surface area contributed by atoms with Gasteiger partial charge in [-0.1, -0.05) is 23.7 Å². The van der Waals surface area contributed by atoms with E-state index >= 15 is 0 Å². The normalized spacial score (nSPS) is 10.8. The Bertz CT molecular complexity index is 901. The van der Waals surface area contributed by atoms with Crippen molar-refractivity contribution in [3.63, 3.8) is 0 Å². The average molecular weight is 320 g/mol. The van der Waals surface area contributed by atoms with Crippen LogP contribution in [0.5, 0.6) is 0 Å². The number of para-hydroxylation sites is 1. The van der Waals surface area contributed by atoms with Gasteiger partial charge in [0.15, 0.2) is 4.96 Å². The highest BCUT2D eigenvalue weighted by molar-refractivity contribution is 7.16. The summed E-state index contributed by atoms with van der Waals surface area (Å²) >= 11 is 7.37. The van der Waals surface area contributed by atoms with Crippen LogP contribution in [0.1, 0.15) is 15.2 Å². The topological polar surface area (TPSA) is 63.5 Å². The van der Waals surface area contributed by atoms with E-state index in [1.165, 1.54) is 21.9 Å². The van der Waals surface area contributed by atoms with Gasteiger partial charge in [-0.25, -0.2) is 4.98 Å². The minimum absolute atomic E-state index is 0.0229. The Morgan fingerprint density at radius 1 is 1.38 bits per heavy atom. The summed E-state index contributed by atoms with van der Waals surface area (Å²) < 4.78 is 1.38. The molecule has 0 saturated carbocycles. The summed E-state index contributed by atoms with van der Waals surface area (Å²) in [5.41, 5.74) is 0.0364. The molecular formula is C14H10ClN3O2S. The van der Waals surface area contributed by atoms with Gasteiger partial charge >= 0.3 is 0 Å². The SMILES string of the molecule is Cc1cn2c(=O)c(C(=O)Nc3ccccc3Cl)cnc2s1. The van der Waals surface area contributed by atoms with Crippen molar-refractivity contribution < 1.29 is 4.79 Å². The van der Waals surface area contributed by atoms with Crippen LogP contribution in [0.3, 0.4) is 0 Å². The second-order valence-corrected chi connectivity index (χ2v) is 6.03. The molecule has 1 aromatic carbocycles. The Morgan fingerprint density at radius 3 is 2.90 bits per heavy atom. The van der Waals surface area contributed by atoms with Crippen LogP contribution in [0.2, 0.25) is 5.02 Å². The van der Waals surface area contributed by atoms with Gasteiger partial charge in [-0.2, -0.15) is 0 Å². The number of hydrogen-bond donors (Lipinski definition) is 1. The summed E-state index contributed by atoms with van der Waals surface area (Å²) in [5, 5.41) is 3.03. The third-order valence-electron chi connectivity index (χ3n) is 2.89. The molecule has 3 rings (SSSR count). The Kier molecular flexibility index (Phi) is 3.48. The van der Waals surface area contributed by atoms with Gasteiger partial charge in [0.1, 0.15) is 5.56 Å². The number of thiazole rings is 1. The van der Waals surface area contributed by atoms with E-state index in [0.29, 0.717) is 15.7 Å². The van der Waals surface area contributed by atoms with E-state index in [1.807, 2.05) is 6.92 Å². The van der Waals surface area contributed by atoms with Crippen molar-refractivity contribution in [2.24, 2.45) is 0 Å². The van der Waals surface area contributed by atoms with Crippen LogP contribution >= 0.6 is 22.9 Å². The van der Waals surface area contributed by atoms with E-state index in [0.717, 1.165) is 4.88 Å². The van der Waals surface area contributed by atoms with Crippen molar-refractivity contribution in [2.75, 3.05) is 5.32 Å². The maximum atomic E-state index is 12.3. The molecule has 0 aliphatic heterocycles. The number of amides is 1. The molecule has 0 saturated heterocycles. The molecule has 1 N–H and O–H groups in total. The number of fused-ring (bicyclic) bond motifs is 1. The van der Waals surface area contributed by atoms with Gasteiger partial charge in [0.2, 0.25) is 0 Å². The molecule has 2 heterocycles. The van der Waals surface area contributed by atoms with Gasteiger partial charge in [-0.3, -0.25) is 14.0 Å². The Labute approximate surface area is 128 Å². The number of nitrogens with zero attached hydrogens (tertiary/aromatic N) is 2. The Hall–Kier alpha value is -2.18. The molecule has 3 aromatic rings. The number of nitrogens with one attached hydrogen (secondary N) is 1. The number of rotatable bonds is 2. The summed E-state index contributed by atoms with van der Waals surface area (Å²) in [6.07, 6.45) is 2.96. The summed E-state index contributed by atoms with van der Waals surface area (Å²) in [4.78, 5) is 30.2. The first-order valence-electron chi connectivity index (χ1n) is 6.10. The van der Waals surface area contributed by atoms with Gasteiger partial charge in [0.05, 0.1) is 10.7 Å². The zero-order valence-electron chi connectivity index (χ0n) is 11.0. The summed E-state index contributed by atoms with van der Waals surface area (Å²) in [5.74, 6) is -0.529. The molecule has 7 heteroatoms. The molecule has 0 bridgehead atoms. The lowest BCUT2D eigenvalue weighted by atomic mass is 10.2. The van der Waals surface area contributed by atoms with Crippen LogP contribution in [-0.4, -0.2) is 15.3 Å². The molecule has 0 spiro atoms. The predicted octanol–water partition coefficient (Wildman–Crippen LogP) is 2.97. The van der Waals surface area contributed by atoms with Crippen LogP contribution < -0.4 is 10.9 Å². The Balaban J connectivity index is 2.00. The first-order chi connectivity index (χ1) is 10.1. The first-order valence-corrected chi connectivity index (χ1v) is 7.29. The Morgan fingerprint density at radius 2 is 2.14 bits per heavy atom. The van der Waals surface area contributed by atoms with Crippen LogP contribution in [0.25, 0.3) is 4.96 Å². The van der Waals surface area contributed by atoms with Crippen LogP contribution in [0.15, 0.2) is 41.5 Å². The molecule has 0 radical (unpaired) electrons. The monoisotopic (exact) mass is 319 g/mol. The van der Waals surface area contributed by atoms with Crippen LogP contribution in [0, 0.1) is 6.92 Å². The molecule has 21 heavy (non-hydrogen) atoms. The standard InChI is InChI=1S/C14H10ClN3O2S/c1-8-7-18-13(20)9(6-16-14(18)21-8)12(19)17-11-5-3-2-4-10(11)15/h2-7H,1H3,(H,17,19). The second-order valence-electron chi connectivity index (χ2n) is 4.41. The van der Waals surface area contributed by atoms with Crippen molar-refractivity contribution in [3.8, 4) is 0 Å². The van der Waals surface area contributed by atoms with E-state index in [9.17, 15) is 9.59 Å². The van der Waals surface area contributed by atoms with Crippen molar-refractivity contribution in [3.05, 3.63) is 62.5 Å². The lowest BCUT2D eigenvalue weighted by Crippen LogP contribution is -2.25. The smallest absolute Gasteiger partial charge is 0.271 e. The van der Waals surface area contributed by atoms with Gasteiger partial charge < -0.3 is 5.32 Å². The minimum atomic E-state index is -0.529. The fourth-order valence-corrected chi connectivity index (χ4v) is 2.87. The van der Waals surface area contributed by atoms with E-state index in [2.05, 4.69) is 10.3 Å². The van der Waals surface area contributed by atoms with Crippen molar-refractivity contribution in [1.82, 2.24) is 9.38 Å². The van der Waals surface area contributed by atoms with Gasteiger partial charge in [-0.15, -0.1) is 11.3 Å². The third-order valence-corrected chi connectivity index (χ3v) is 4.13. The fraction of sp³-hybridized carbons (Fsp3) is 0.0714. The van der Waals surface area contributed by atoms with Gasteiger partial charge in [0.25, 0.3) is 11.5 Å². The number of carbonyl (C=O) groups is 1. The lowest BCUT2D eigenvalue weighted by molar-refractivity contribution is 0.102. The quantitative estimate of drug-likeness (QED) is 0.790. The molecule has 0 atom stereocenters. The molecule has 1 amide bonds. The average Bonchev–Trinajstić information content (AvgIpc) is 2.83. The second kappa shape index (κ2) is 5.31. The molecule has 5 nitrogen and oxygen atoms in total. The number of halogens is 1. The maximum absolute atomic E-state index is 12.3. The number of benzene rings is 1. The molecule has 2 aromatic heterocycles. The third kappa shape index (κ3) is 2.55. The van der Waals surface area contributed by atoms with Crippen LogP contribution in [-0.2, 0) is 0 Å². The molecule has 0 fully saturated rings. The van der Waals surface area contributed by atoms with Crippen molar-refractivity contribution in [2.45, 2.75) is 6.92 Å². The van der Waals surface area contributed by atoms with Crippen molar-refractivity contribution in [1.29, 1.82) is 0 Å². The van der Waals surface area contributed by atoms with Gasteiger partial charge in [0, 0.05) is 17.3 Å². The van der Waals surface area contributed by atoms with E-state index in [-0.39, 0.29) is 5.56 Å². The van der Waals surface area contributed by atoms with E-state index in [4.69, 9.17) is 11.6 Å². The number of aromatic nitrogens is 2. The molecule has 0 aliphatic rings. The molecule has 0 unspecified atom stereocenters. The molecular weight excluding hydrogens is 310 g/mol. The molecule has 0 aliphatic carbocycles. The predicted molar refractivity (Wildman–Crippen MR) is 83.5 cm³/mol. The number of hydrogen-bond acceptors (Lipinski definition) is 4. The zero-order chi connectivity index (χ0) is 15.0. The van der Waals surface area contributed by atoms with Crippen molar-refractivity contribution >= 4 is 39.5 Å². The highest BCUT2D eigenvalue weighted by Crippen LogP contribution is 2.21. The van der Waals surface area contributed by atoms with Gasteiger partial charge in [-0.05, 0) is 19.1 Å². The zero-order valence-corrected chi connectivity index (χ0v) is 12.5. The summed E-state index contributed by atoms with van der Waals surface area (Å²) in [7, 11) is 0. The lowest BCUT2D eigenvalue weighted by Gasteiger charge is -2.06. The first kappa shape index (κ1) is 13.8. The minimum Gasteiger partial charge on any atom is -0.320 e. The fourth-order valence-electron chi connectivity index (χ4n) is 1.90.